The molecular weight excluding hydrogens is 727 g/mol. The molecule has 0 bridgehead atoms. The lowest BCUT2D eigenvalue weighted by atomic mass is 9.95. The second-order valence-electron chi connectivity index (χ2n) is 15.7. The van der Waals surface area contributed by atoms with Crippen molar-refractivity contribution in [1.82, 2.24) is 0 Å². The third kappa shape index (κ3) is 5.65. The molecule has 2 heteroatoms. The van der Waals surface area contributed by atoms with Gasteiger partial charge in [-0.3, -0.25) is 0 Å². The summed E-state index contributed by atoms with van der Waals surface area (Å²) in [7, 11) is 0. The van der Waals surface area contributed by atoms with Crippen LogP contribution in [-0.4, -0.2) is 0 Å². The molecule has 12 aromatic rings. The molecule has 0 saturated heterocycles. The van der Waals surface area contributed by atoms with Crippen LogP contribution in [0.15, 0.2) is 229 Å². The fourth-order valence-corrected chi connectivity index (χ4v) is 9.29. The van der Waals surface area contributed by atoms with E-state index in [0.29, 0.717) is 0 Å². The monoisotopic (exact) mass is 763 g/mol. The minimum Gasteiger partial charge on any atom is -0.455 e. The summed E-state index contributed by atoms with van der Waals surface area (Å²) in [5, 5.41) is 12.1. The van der Waals surface area contributed by atoms with Gasteiger partial charge in [0.1, 0.15) is 11.2 Å². The van der Waals surface area contributed by atoms with Crippen molar-refractivity contribution in [2.24, 2.45) is 0 Å². The summed E-state index contributed by atoms with van der Waals surface area (Å²) >= 11 is 0. The Morgan fingerprint density at radius 2 is 0.867 bits per heavy atom. The Hall–Kier alpha value is -7.94. The topological polar surface area (TPSA) is 16.4 Å². The highest BCUT2D eigenvalue weighted by molar-refractivity contribution is 6.20. The zero-order valence-corrected chi connectivity index (χ0v) is 32.7. The van der Waals surface area contributed by atoms with Crippen LogP contribution in [0.2, 0.25) is 0 Å². The predicted molar refractivity (Wildman–Crippen MR) is 255 cm³/mol. The van der Waals surface area contributed by atoms with Crippen LogP contribution in [0.4, 0.5) is 17.1 Å². The van der Waals surface area contributed by atoms with Crippen LogP contribution in [0.5, 0.6) is 0 Å². The molecule has 0 N–H and O–H groups in total. The van der Waals surface area contributed by atoms with Crippen LogP contribution in [0, 0.1) is 0 Å². The van der Waals surface area contributed by atoms with Gasteiger partial charge in [0.05, 0.1) is 5.69 Å². The molecule has 0 aliphatic heterocycles. The van der Waals surface area contributed by atoms with Gasteiger partial charge in [0.25, 0.3) is 0 Å². The molecular formula is C58H37NO. The summed E-state index contributed by atoms with van der Waals surface area (Å²) in [6.45, 7) is 0. The van der Waals surface area contributed by atoms with Gasteiger partial charge in [0.2, 0.25) is 0 Å². The van der Waals surface area contributed by atoms with Gasteiger partial charge in [-0.05, 0) is 120 Å². The summed E-state index contributed by atoms with van der Waals surface area (Å²) < 4.78 is 6.68. The Kier molecular flexibility index (Phi) is 7.89. The molecule has 12 rings (SSSR count). The molecule has 0 saturated carbocycles. The summed E-state index contributed by atoms with van der Waals surface area (Å²) in [6, 6.07) is 81.3. The molecule has 1 aromatic heterocycles. The first-order valence-corrected chi connectivity index (χ1v) is 20.6. The Bertz CT molecular complexity index is 3610. The van der Waals surface area contributed by atoms with Crippen LogP contribution in [0.1, 0.15) is 0 Å². The van der Waals surface area contributed by atoms with Crippen molar-refractivity contribution in [2.45, 2.75) is 0 Å². The first kappa shape index (κ1) is 34.1. The van der Waals surface area contributed by atoms with E-state index in [1.165, 1.54) is 54.4 Å². The largest absolute Gasteiger partial charge is 0.455 e. The predicted octanol–water partition coefficient (Wildman–Crippen LogP) is 16.7. The molecule has 0 aliphatic carbocycles. The highest BCUT2D eigenvalue weighted by Crippen LogP contribution is 2.46. The normalized spacial score (nSPS) is 11.7. The van der Waals surface area contributed by atoms with Gasteiger partial charge in [0, 0.05) is 33.1 Å². The lowest BCUT2D eigenvalue weighted by Crippen LogP contribution is -2.11. The fourth-order valence-electron chi connectivity index (χ4n) is 9.29. The first-order chi connectivity index (χ1) is 29.7. The molecule has 0 amide bonds. The van der Waals surface area contributed by atoms with E-state index < -0.39 is 0 Å². The van der Waals surface area contributed by atoms with Gasteiger partial charge in [-0.25, -0.2) is 0 Å². The van der Waals surface area contributed by atoms with Gasteiger partial charge in [-0.1, -0.05) is 170 Å². The maximum absolute atomic E-state index is 6.68. The van der Waals surface area contributed by atoms with Crippen molar-refractivity contribution in [3.8, 4) is 33.4 Å². The molecule has 0 fully saturated rings. The van der Waals surface area contributed by atoms with Crippen molar-refractivity contribution in [3.63, 3.8) is 0 Å². The second-order valence-corrected chi connectivity index (χ2v) is 15.7. The van der Waals surface area contributed by atoms with Crippen molar-refractivity contribution in [1.29, 1.82) is 0 Å². The lowest BCUT2D eigenvalue weighted by Gasteiger charge is -2.28. The first-order valence-electron chi connectivity index (χ1n) is 20.6. The molecule has 0 aliphatic rings. The average molecular weight is 764 g/mol. The van der Waals surface area contributed by atoms with E-state index in [0.717, 1.165) is 61.1 Å². The highest BCUT2D eigenvalue weighted by atomic mass is 16.3. The lowest BCUT2D eigenvalue weighted by molar-refractivity contribution is 0.673. The average Bonchev–Trinajstić information content (AvgIpc) is 3.72. The Labute approximate surface area is 347 Å². The van der Waals surface area contributed by atoms with Crippen molar-refractivity contribution >= 4 is 82.1 Å². The fraction of sp³-hybridized carbons (Fsp3) is 0. The molecule has 0 unspecified atom stereocenters. The summed E-state index contributed by atoms with van der Waals surface area (Å²) in [5.41, 5.74) is 12.0. The third-order valence-electron chi connectivity index (χ3n) is 12.2. The van der Waals surface area contributed by atoms with Gasteiger partial charge in [-0.15, -0.1) is 0 Å². The number of para-hydroxylation sites is 1. The van der Waals surface area contributed by atoms with E-state index in [1.807, 2.05) is 0 Å². The molecule has 1 heterocycles. The quantitative estimate of drug-likeness (QED) is 0.157. The van der Waals surface area contributed by atoms with Crippen LogP contribution >= 0.6 is 0 Å². The Morgan fingerprint density at radius 1 is 0.300 bits per heavy atom. The highest BCUT2D eigenvalue weighted by Gasteiger charge is 2.21. The molecule has 0 spiro atoms. The van der Waals surface area contributed by atoms with Crippen molar-refractivity contribution in [3.05, 3.63) is 224 Å². The van der Waals surface area contributed by atoms with Gasteiger partial charge >= 0.3 is 0 Å². The van der Waals surface area contributed by atoms with E-state index in [2.05, 4.69) is 229 Å². The number of rotatable bonds is 6. The second kappa shape index (κ2) is 13.9. The van der Waals surface area contributed by atoms with Crippen molar-refractivity contribution < 1.29 is 4.42 Å². The number of nitrogens with zero attached hydrogens (tertiary/aromatic N) is 1. The van der Waals surface area contributed by atoms with Crippen LogP contribution in [0.25, 0.3) is 98.4 Å². The molecule has 0 radical (unpaired) electrons. The molecule has 2 nitrogen and oxygen atoms in total. The number of benzene rings is 11. The van der Waals surface area contributed by atoms with E-state index in [4.69, 9.17) is 4.42 Å². The minimum absolute atomic E-state index is 0.881. The van der Waals surface area contributed by atoms with E-state index in [9.17, 15) is 0 Å². The molecule has 0 atom stereocenters. The van der Waals surface area contributed by atoms with Gasteiger partial charge < -0.3 is 9.32 Å². The molecule has 280 valence electrons. The smallest absolute Gasteiger partial charge is 0.143 e. The standard InChI is InChI=1S/C58H37NO/c1-2-14-42-35-45(25-23-38(42)11-1)43-15-9-16-48(37-43)59(47-31-27-39(28-32-47)44-30-33-50-46(36-44)26-24-40-12-3-5-17-49(40)50)55-21-8-7-19-52(55)53-20-10-22-56-57(53)54-34-29-41-13-4-6-18-51(41)58(54)60-56/h1-37H. The summed E-state index contributed by atoms with van der Waals surface area (Å²) in [6.07, 6.45) is 0. The van der Waals surface area contributed by atoms with Crippen LogP contribution in [0.3, 0.4) is 0 Å². The van der Waals surface area contributed by atoms with Crippen LogP contribution < -0.4 is 4.90 Å². The van der Waals surface area contributed by atoms with E-state index >= 15 is 0 Å². The Balaban J connectivity index is 1.03. The van der Waals surface area contributed by atoms with E-state index in [-0.39, 0.29) is 0 Å². The molecule has 11 aromatic carbocycles. The zero-order valence-electron chi connectivity index (χ0n) is 32.7. The maximum Gasteiger partial charge on any atom is 0.143 e. The SMILES string of the molecule is c1cc(-c2ccc3ccccc3c2)cc(N(c2ccc(-c3ccc4c(ccc5ccccc54)c3)cc2)c2ccccc2-c2cccc3oc4c5ccccc5ccc4c23)c1. The number of hydrogen-bond acceptors (Lipinski definition) is 2. The number of fused-ring (bicyclic) bond motifs is 9. The number of hydrogen-bond donors (Lipinski definition) is 0. The van der Waals surface area contributed by atoms with Crippen molar-refractivity contribution in [2.75, 3.05) is 4.90 Å². The number of anilines is 3. The van der Waals surface area contributed by atoms with E-state index in [1.54, 1.807) is 0 Å². The summed E-state index contributed by atoms with van der Waals surface area (Å²) in [5.74, 6) is 0. The minimum atomic E-state index is 0.881. The Morgan fingerprint density at radius 3 is 1.75 bits per heavy atom. The maximum atomic E-state index is 6.68. The van der Waals surface area contributed by atoms with Gasteiger partial charge in [0.15, 0.2) is 0 Å². The van der Waals surface area contributed by atoms with Crippen LogP contribution in [-0.2, 0) is 0 Å². The number of furan rings is 1. The zero-order chi connectivity index (χ0) is 39.6. The third-order valence-corrected chi connectivity index (χ3v) is 12.2. The van der Waals surface area contributed by atoms with Gasteiger partial charge in [-0.2, -0.15) is 0 Å². The molecule has 60 heavy (non-hydrogen) atoms. The summed E-state index contributed by atoms with van der Waals surface area (Å²) in [4.78, 5) is 2.41.